The quantitative estimate of drug-likeness (QED) is 0.211. The van der Waals surface area contributed by atoms with Crippen LogP contribution in [0.5, 0.6) is 5.75 Å². The van der Waals surface area contributed by atoms with Crippen molar-refractivity contribution in [3.05, 3.63) is 34.4 Å². The van der Waals surface area contributed by atoms with Gasteiger partial charge in [-0.2, -0.15) is 0 Å². The van der Waals surface area contributed by atoms with Gasteiger partial charge >= 0.3 is 5.97 Å². The maximum atomic E-state index is 11.8. The number of alkyl halides is 1. The van der Waals surface area contributed by atoms with Crippen LogP contribution in [-0.4, -0.2) is 41.4 Å². The van der Waals surface area contributed by atoms with Crippen LogP contribution in [0.1, 0.15) is 13.3 Å². The molecule has 10 heteroatoms. The molecule has 0 heterocycles. The van der Waals surface area contributed by atoms with Crippen LogP contribution >= 0.6 is 15.9 Å². The zero-order valence-corrected chi connectivity index (χ0v) is 14.5. The number of benzene rings is 1. The number of non-ortho nitro benzene ring substituents is 1. The van der Waals surface area contributed by atoms with Gasteiger partial charge in [0.2, 0.25) is 0 Å². The van der Waals surface area contributed by atoms with Crippen molar-refractivity contribution in [2.45, 2.75) is 18.2 Å². The molecule has 1 rings (SSSR count). The van der Waals surface area contributed by atoms with Gasteiger partial charge in [0.05, 0.1) is 27.7 Å². The largest absolute Gasteiger partial charge is 0.426 e. The number of rotatable bonds is 8. The molecule has 23 heavy (non-hydrogen) atoms. The SMILES string of the molecule is CC(=O)C(Br)CS(=O)(=O)CCC(=O)Oc1ccc([N+](=O)[O-])cc1. The molecule has 1 aromatic carbocycles. The number of nitrogens with zero attached hydrogens (tertiary/aromatic N) is 1. The first-order valence-corrected chi connectivity index (χ1v) is 9.14. The van der Waals surface area contributed by atoms with E-state index in [1.165, 1.54) is 31.2 Å². The summed E-state index contributed by atoms with van der Waals surface area (Å²) in [5.74, 6) is -1.86. The Kier molecular flexibility index (Phi) is 6.82. The van der Waals surface area contributed by atoms with Crippen LogP contribution in [0.3, 0.4) is 0 Å². The van der Waals surface area contributed by atoms with E-state index in [1.807, 2.05) is 0 Å². The van der Waals surface area contributed by atoms with Crippen LogP contribution in [0.4, 0.5) is 5.69 Å². The van der Waals surface area contributed by atoms with Gasteiger partial charge in [-0.25, -0.2) is 8.42 Å². The number of hydrogen-bond donors (Lipinski definition) is 0. The van der Waals surface area contributed by atoms with E-state index >= 15 is 0 Å². The maximum absolute atomic E-state index is 11.8. The summed E-state index contributed by atoms with van der Waals surface area (Å²) in [6.07, 6.45) is -0.378. The number of nitro groups is 1. The van der Waals surface area contributed by atoms with Crippen molar-refractivity contribution < 1.29 is 27.7 Å². The number of sulfone groups is 1. The topological polar surface area (TPSA) is 121 Å². The minimum absolute atomic E-state index is 0.0834. The number of halogens is 1. The molecule has 1 aromatic rings. The first-order chi connectivity index (χ1) is 10.6. The van der Waals surface area contributed by atoms with E-state index in [-0.39, 0.29) is 23.6 Å². The molecule has 0 aromatic heterocycles. The Morgan fingerprint density at radius 2 is 1.87 bits per heavy atom. The van der Waals surface area contributed by atoms with Gasteiger partial charge in [-0.3, -0.25) is 19.7 Å². The average Bonchev–Trinajstić information content (AvgIpc) is 2.45. The van der Waals surface area contributed by atoms with Crippen LogP contribution in [0, 0.1) is 10.1 Å². The second kappa shape index (κ2) is 8.16. The Morgan fingerprint density at radius 1 is 1.30 bits per heavy atom. The van der Waals surface area contributed by atoms with Crippen molar-refractivity contribution in [3.8, 4) is 5.75 Å². The molecule has 8 nitrogen and oxygen atoms in total. The number of nitro benzene ring substituents is 1. The van der Waals surface area contributed by atoms with Crippen molar-refractivity contribution in [3.63, 3.8) is 0 Å². The number of carbonyl (C=O) groups excluding carboxylic acids is 2. The number of Topliss-reactive ketones (excluding diaryl/α,β-unsaturated/α-hetero) is 1. The highest BCUT2D eigenvalue weighted by atomic mass is 79.9. The van der Waals surface area contributed by atoms with Gasteiger partial charge in [0.1, 0.15) is 11.5 Å². The fourth-order valence-corrected chi connectivity index (χ4v) is 4.01. The average molecular weight is 408 g/mol. The molecule has 0 amide bonds. The lowest BCUT2D eigenvalue weighted by molar-refractivity contribution is -0.384. The molecule has 126 valence electrons. The molecule has 0 aliphatic rings. The fourth-order valence-electron chi connectivity index (χ4n) is 1.48. The summed E-state index contributed by atoms with van der Waals surface area (Å²) < 4.78 is 28.4. The van der Waals surface area contributed by atoms with Crippen molar-refractivity contribution >= 4 is 43.2 Å². The van der Waals surface area contributed by atoms with Gasteiger partial charge in [0.15, 0.2) is 9.84 Å². The number of hydrogen-bond acceptors (Lipinski definition) is 7. The molecule has 0 N–H and O–H groups in total. The van der Waals surface area contributed by atoms with Gasteiger partial charge in [-0.05, 0) is 19.1 Å². The van der Waals surface area contributed by atoms with Crippen LogP contribution in [0.25, 0.3) is 0 Å². The molecule has 0 saturated heterocycles. The van der Waals surface area contributed by atoms with E-state index in [1.54, 1.807) is 0 Å². The van der Waals surface area contributed by atoms with E-state index in [0.29, 0.717) is 0 Å². The van der Waals surface area contributed by atoms with Crippen molar-refractivity contribution in [2.24, 2.45) is 0 Å². The molecular formula is C13H14BrNO7S. The minimum atomic E-state index is -3.59. The molecule has 0 saturated carbocycles. The summed E-state index contributed by atoms with van der Waals surface area (Å²) in [4.78, 5) is 31.7. The van der Waals surface area contributed by atoms with Gasteiger partial charge in [-0.1, -0.05) is 15.9 Å². The fraction of sp³-hybridized carbons (Fsp3) is 0.385. The highest BCUT2D eigenvalue weighted by molar-refractivity contribution is 9.10. The zero-order valence-electron chi connectivity index (χ0n) is 12.1. The lowest BCUT2D eigenvalue weighted by atomic mass is 10.3. The van der Waals surface area contributed by atoms with Gasteiger partial charge in [-0.15, -0.1) is 0 Å². The van der Waals surface area contributed by atoms with E-state index in [2.05, 4.69) is 15.9 Å². The van der Waals surface area contributed by atoms with E-state index < -0.39 is 37.1 Å². The molecule has 0 bridgehead atoms. The Hall–Kier alpha value is -1.81. The van der Waals surface area contributed by atoms with Crippen LogP contribution < -0.4 is 4.74 Å². The van der Waals surface area contributed by atoms with Crippen LogP contribution in [0.15, 0.2) is 24.3 Å². The minimum Gasteiger partial charge on any atom is -0.426 e. The molecule has 0 fully saturated rings. The second-order valence-corrected chi connectivity index (χ2v) is 8.00. The van der Waals surface area contributed by atoms with E-state index in [9.17, 15) is 28.1 Å². The number of ether oxygens (including phenoxy) is 1. The third-order valence-corrected chi connectivity index (χ3v) is 5.80. The molecule has 0 aliphatic heterocycles. The second-order valence-electron chi connectivity index (χ2n) is 4.67. The lowest BCUT2D eigenvalue weighted by Crippen LogP contribution is -2.25. The number of esters is 1. The van der Waals surface area contributed by atoms with Crippen molar-refractivity contribution in [1.82, 2.24) is 0 Å². The molecule has 1 unspecified atom stereocenters. The molecule has 1 atom stereocenters. The summed E-state index contributed by atoms with van der Waals surface area (Å²) in [5, 5.41) is 10.5. The number of carbonyl (C=O) groups is 2. The smallest absolute Gasteiger partial charge is 0.312 e. The third-order valence-electron chi connectivity index (χ3n) is 2.74. The van der Waals surface area contributed by atoms with Crippen LogP contribution in [0.2, 0.25) is 0 Å². The summed E-state index contributed by atoms with van der Waals surface area (Å²) >= 11 is 2.96. The van der Waals surface area contributed by atoms with Gasteiger partial charge < -0.3 is 4.74 Å². The molecular weight excluding hydrogens is 394 g/mol. The maximum Gasteiger partial charge on any atom is 0.312 e. The lowest BCUT2D eigenvalue weighted by Gasteiger charge is -2.07. The summed E-state index contributed by atoms with van der Waals surface area (Å²) in [6.45, 7) is 1.26. The normalized spacial score (nSPS) is 12.4. The van der Waals surface area contributed by atoms with Crippen molar-refractivity contribution in [1.29, 1.82) is 0 Å². The predicted octanol–water partition coefficient (Wildman–Crippen LogP) is 1.66. The zero-order chi connectivity index (χ0) is 17.6. The summed E-state index contributed by atoms with van der Waals surface area (Å²) in [5.41, 5.74) is -0.153. The third kappa shape index (κ3) is 6.87. The highest BCUT2D eigenvalue weighted by Crippen LogP contribution is 2.18. The monoisotopic (exact) mass is 407 g/mol. The Morgan fingerprint density at radius 3 is 2.35 bits per heavy atom. The Labute approximate surface area is 141 Å². The van der Waals surface area contributed by atoms with Gasteiger partial charge in [0, 0.05) is 12.1 Å². The van der Waals surface area contributed by atoms with Gasteiger partial charge in [0.25, 0.3) is 5.69 Å². The molecule has 0 radical (unpaired) electrons. The first kappa shape index (κ1) is 19.2. The summed E-state index contributed by atoms with van der Waals surface area (Å²) in [7, 11) is -3.59. The molecule has 0 spiro atoms. The van der Waals surface area contributed by atoms with Crippen LogP contribution in [-0.2, 0) is 19.4 Å². The highest BCUT2D eigenvalue weighted by Gasteiger charge is 2.22. The standard InChI is InChI=1S/C13H14BrNO7S/c1-9(16)12(14)8-23(20,21)7-6-13(17)22-11-4-2-10(3-5-11)15(18)19/h2-5,12H,6-8H2,1H3. The van der Waals surface area contributed by atoms with E-state index in [4.69, 9.17) is 4.74 Å². The summed E-state index contributed by atoms with van der Waals surface area (Å²) in [6, 6.07) is 4.83. The Bertz CT molecular complexity index is 700. The molecule has 0 aliphatic carbocycles. The van der Waals surface area contributed by atoms with Crippen molar-refractivity contribution in [2.75, 3.05) is 11.5 Å². The Balaban J connectivity index is 2.53. The van der Waals surface area contributed by atoms with E-state index in [0.717, 1.165) is 0 Å². The first-order valence-electron chi connectivity index (χ1n) is 6.41. The predicted molar refractivity (Wildman–Crippen MR) is 85.4 cm³/mol. The number of ketones is 1.